The first-order valence-corrected chi connectivity index (χ1v) is 16.7. The van der Waals surface area contributed by atoms with Gasteiger partial charge in [0.1, 0.15) is 6.04 Å². The van der Waals surface area contributed by atoms with E-state index in [4.69, 9.17) is 18.9 Å². The average molecular weight is 718 g/mol. The average Bonchev–Trinajstić information content (AvgIpc) is 3.38. The van der Waals surface area contributed by atoms with Gasteiger partial charge in [0.2, 0.25) is 17.7 Å². The van der Waals surface area contributed by atoms with Gasteiger partial charge >= 0.3 is 18.3 Å². The number of aromatic nitrogens is 2. The van der Waals surface area contributed by atoms with Crippen LogP contribution in [-0.4, -0.2) is 64.9 Å². The summed E-state index contributed by atoms with van der Waals surface area (Å²) >= 11 is 0. The molecule has 1 aliphatic carbocycles. The molecule has 278 valence electrons. The van der Waals surface area contributed by atoms with Crippen molar-refractivity contribution in [1.82, 2.24) is 14.9 Å². The van der Waals surface area contributed by atoms with Crippen molar-refractivity contribution in [1.29, 1.82) is 0 Å². The minimum Gasteiger partial charge on any atom is -0.481 e. The number of nitrogens with zero attached hydrogens (tertiary/aromatic N) is 3. The second kappa shape index (κ2) is 15.3. The van der Waals surface area contributed by atoms with Crippen LogP contribution in [0.2, 0.25) is 0 Å². The predicted octanol–water partition coefficient (Wildman–Crippen LogP) is 7.72. The van der Waals surface area contributed by atoms with E-state index < -0.39 is 83.9 Å². The van der Waals surface area contributed by atoms with Crippen molar-refractivity contribution in [2.75, 3.05) is 13.7 Å². The maximum Gasteiger partial charge on any atom is 0.417 e. The highest BCUT2D eigenvalue weighted by Gasteiger charge is 2.62. The first-order chi connectivity index (χ1) is 23.3. The SMILES string of the molecule is CCOC(=O)[C@@H]1[C@H](C(C)(C)C)[C@H](OCc2cc(C(F)(F)F)cnc2OC)[C@H](c2cccnc2OC(C)C)N1C(=O)[C@@H]1CCCC[C@H]1C(F)(F)F. The van der Waals surface area contributed by atoms with Gasteiger partial charge in [-0.25, -0.2) is 14.8 Å². The predicted molar refractivity (Wildman–Crippen MR) is 169 cm³/mol. The van der Waals surface area contributed by atoms with Crippen LogP contribution >= 0.6 is 0 Å². The topological polar surface area (TPSA) is 100 Å². The van der Waals surface area contributed by atoms with Crippen molar-refractivity contribution in [3.8, 4) is 11.8 Å². The van der Waals surface area contributed by atoms with E-state index >= 15 is 0 Å². The molecule has 3 heterocycles. The Bertz CT molecular complexity index is 1490. The molecule has 50 heavy (non-hydrogen) atoms. The van der Waals surface area contributed by atoms with E-state index in [9.17, 15) is 35.9 Å². The smallest absolute Gasteiger partial charge is 0.417 e. The molecule has 1 amide bonds. The number of esters is 1. The van der Waals surface area contributed by atoms with Crippen LogP contribution in [0.1, 0.15) is 90.0 Å². The van der Waals surface area contributed by atoms with E-state index in [1.54, 1.807) is 53.7 Å². The number of ether oxygens (including phenoxy) is 4. The number of amides is 1. The van der Waals surface area contributed by atoms with E-state index in [0.29, 0.717) is 12.6 Å². The number of alkyl halides is 6. The van der Waals surface area contributed by atoms with E-state index in [1.165, 1.54) is 13.3 Å². The zero-order chi connectivity index (χ0) is 37.2. The Balaban J connectivity index is 1.97. The molecule has 4 rings (SSSR count). The molecule has 2 aromatic heterocycles. The summed E-state index contributed by atoms with van der Waals surface area (Å²) in [5.74, 6) is -6.19. The van der Waals surface area contributed by atoms with Gasteiger partial charge in [-0.3, -0.25) is 4.79 Å². The minimum atomic E-state index is -4.73. The van der Waals surface area contributed by atoms with Crippen LogP contribution in [0.3, 0.4) is 0 Å². The molecule has 2 aliphatic rings. The van der Waals surface area contributed by atoms with Crippen LogP contribution in [-0.2, 0) is 31.8 Å². The van der Waals surface area contributed by atoms with E-state index in [0.717, 1.165) is 11.0 Å². The fourth-order valence-corrected chi connectivity index (χ4v) is 7.22. The summed E-state index contributed by atoms with van der Waals surface area (Å²) in [5.41, 5.74) is -1.73. The van der Waals surface area contributed by atoms with Crippen molar-refractivity contribution in [3.05, 3.63) is 47.3 Å². The van der Waals surface area contributed by atoms with Crippen LogP contribution in [0.15, 0.2) is 30.6 Å². The van der Waals surface area contributed by atoms with Crippen LogP contribution in [0.25, 0.3) is 0 Å². The summed E-state index contributed by atoms with van der Waals surface area (Å²) in [6, 6.07) is 1.30. The largest absolute Gasteiger partial charge is 0.481 e. The molecule has 15 heteroatoms. The Labute approximate surface area is 288 Å². The molecule has 0 N–H and O–H groups in total. The zero-order valence-electron chi connectivity index (χ0n) is 29.2. The number of pyridine rings is 2. The molecule has 0 spiro atoms. The van der Waals surface area contributed by atoms with Crippen LogP contribution in [0.5, 0.6) is 11.8 Å². The minimum absolute atomic E-state index is 0.0526. The quantitative estimate of drug-likeness (QED) is 0.182. The van der Waals surface area contributed by atoms with Crippen molar-refractivity contribution >= 4 is 11.9 Å². The lowest BCUT2D eigenvalue weighted by Gasteiger charge is -2.39. The molecule has 2 fully saturated rings. The van der Waals surface area contributed by atoms with Gasteiger partial charge in [-0.05, 0) is 57.2 Å². The van der Waals surface area contributed by atoms with Crippen molar-refractivity contribution < 1.29 is 54.9 Å². The fourth-order valence-electron chi connectivity index (χ4n) is 7.22. The number of halogens is 6. The molecular weight excluding hydrogens is 672 g/mol. The molecule has 9 nitrogen and oxygen atoms in total. The highest BCUT2D eigenvalue weighted by atomic mass is 19.4. The summed E-state index contributed by atoms with van der Waals surface area (Å²) < 4.78 is 108. The molecule has 0 aromatic carbocycles. The van der Waals surface area contributed by atoms with Crippen LogP contribution in [0, 0.1) is 23.2 Å². The molecule has 2 aromatic rings. The zero-order valence-corrected chi connectivity index (χ0v) is 29.2. The standard InChI is InChI=1S/C35H45F6N3O6/c1-8-48-32(46)27-25(33(4,5)6)28(49-18-20-16-21(34(36,37)38)17-43-29(20)47-7)26(23-13-11-15-42-30(23)50-19(2)3)44(27)31(45)22-12-9-10-14-24(22)35(39,40)41/h11,13,15-17,19,22,24-28H,8-10,12,14,18H2,1-7H3/t22-,24-,25+,26+,27+,28+/m1/s1. The number of hydrogen-bond acceptors (Lipinski definition) is 8. The Morgan fingerprint density at radius 1 is 1.02 bits per heavy atom. The van der Waals surface area contributed by atoms with Crippen molar-refractivity contribution in [2.45, 2.75) is 110 Å². The van der Waals surface area contributed by atoms with Crippen LogP contribution in [0.4, 0.5) is 26.3 Å². The summed E-state index contributed by atoms with van der Waals surface area (Å²) in [6.45, 7) is 9.81. The number of hydrogen-bond donors (Lipinski definition) is 0. The molecular formula is C35H45F6N3O6. The lowest BCUT2D eigenvalue weighted by molar-refractivity contribution is -0.202. The number of rotatable bonds is 10. The monoisotopic (exact) mass is 717 g/mol. The number of carbonyl (C=O) groups is 2. The number of methoxy groups -OCH3 is 1. The fraction of sp³-hybridized carbons (Fsp3) is 0.657. The number of likely N-dealkylation sites (tertiary alicyclic amines) is 1. The molecule has 1 aliphatic heterocycles. The van der Waals surface area contributed by atoms with Gasteiger partial charge in [0.15, 0.2) is 0 Å². The van der Waals surface area contributed by atoms with Gasteiger partial charge in [-0.1, -0.05) is 33.6 Å². The van der Waals surface area contributed by atoms with Gasteiger partial charge in [0.25, 0.3) is 0 Å². The molecule has 0 unspecified atom stereocenters. The molecule has 0 bridgehead atoms. The lowest BCUT2D eigenvalue weighted by atomic mass is 9.73. The van der Waals surface area contributed by atoms with E-state index in [1.807, 2.05) is 0 Å². The van der Waals surface area contributed by atoms with Crippen LogP contribution < -0.4 is 9.47 Å². The first-order valence-electron chi connectivity index (χ1n) is 16.7. The highest BCUT2D eigenvalue weighted by molar-refractivity contribution is 5.88. The van der Waals surface area contributed by atoms with Crippen molar-refractivity contribution in [3.63, 3.8) is 0 Å². The Kier molecular flexibility index (Phi) is 12.0. The molecule has 6 atom stereocenters. The van der Waals surface area contributed by atoms with Gasteiger partial charge in [-0.2, -0.15) is 26.3 Å². The van der Waals surface area contributed by atoms with Gasteiger partial charge in [-0.15, -0.1) is 0 Å². The van der Waals surface area contributed by atoms with Gasteiger partial charge < -0.3 is 23.8 Å². The summed E-state index contributed by atoms with van der Waals surface area (Å²) in [7, 11) is 1.24. The molecule has 0 radical (unpaired) electrons. The molecule has 1 saturated heterocycles. The van der Waals surface area contributed by atoms with Gasteiger partial charge in [0.05, 0.1) is 50.1 Å². The maximum absolute atomic E-state index is 14.8. The maximum atomic E-state index is 14.8. The Morgan fingerprint density at radius 3 is 2.28 bits per heavy atom. The Hall–Kier alpha value is -3.62. The van der Waals surface area contributed by atoms with Gasteiger partial charge in [0, 0.05) is 35.4 Å². The van der Waals surface area contributed by atoms with E-state index in [-0.39, 0.29) is 48.8 Å². The second-order valence-electron chi connectivity index (χ2n) is 14.0. The first kappa shape index (κ1) is 39.2. The molecule has 1 saturated carbocycles. The Morgan fingerprint density at radius 2 is 1.70 bits per heavy atom. The van der Waals surface area contributed by atoms with Crippen molar-refractivity contribution in [2.24, 2.45) is 23.2 Å². The summed E-state index contributed by atoms with van der Waals surface area (Å²) in [6.07, 6.45) is -8.57. The third-order valence-electron chi connectivity index (χ3n) is 9.23. The number of carbonyl (C=O) groups excluding carboxylic acids is 2. The summed E-state index contributed by atoms with van der Waals surface area (Å²) in [5, 5.41) is 0. The normalized spacial score (nSPS) is 24.7. The third kappa shape index (κ3) is 8.46. The van der Waals surface area contributed by atoms with E-state index in [2.05, 4.69) is 9.97 Å². The second-order valence-corrected chi connectivity index (χ2v) is 14.0. The summed E-state index contributed by atoms with van der Waals surface area (Å²) in [4.78, 5) is 38.1. The lowest BCUT2D eigenvalue weighted by Crippen LogP contribution is -2.52. The third-order valence-corrected chi connectivity index (χ3v) is 9.23. The highest BCUT2D eigenvalue weighted by Crippen LogP contribution is 2.53.